The van der Waals surface area contributed by atoms with Crippen molar-refractivity contribution in [3.8, 4) is 0 Å². The Balaban J connectivity index is 1.39. The molecule has 0 aliphatic carbocycles. The van der Waals surface area contributed by atoms with Crippen LogP contribution in [-0.4, -0.2) is 69.5 Å². The van der Waals surface area contributed by atoms with Gasteiger partial charge in [-0.15, -0.1) is 11.3 Å². The van der Waals surface area contributed by atoms with Crippen LogP contribution < -0.4 is 10.6 Å². The van der Waals surface area contributed by atoms with Gasteiger partial charge < -0.3 is 24.5 Å². The number of aliphatic imine (C=N–C) groups is 1. The van der Waals surface area contributed by atoms with Crippen molar-refractivity contribution in [2.45, 2.75) is 31.4 Å². The monoisotopic (exact) mass is 432 g/mol. The highest BCUT2D eigenvalue weighted by Gasteiger charge is 2.23. The lowest BCUT2D eigenvalue weighted by Gasteiger charge is -2.33. The largest absolute Gasteiger partial charge is 0.469 e. The highest BCUT2D eigenvalue weighted by atomic mass is 32.1. The van der Waals surface area contributed by atoms with Crippen LogP contribution in [-0.2, 0) is 15.9 Å². The molecule has 4 heterocycles. The average molecular weight is 433 g/mol. The summed E-state index contributed by atoms with van der Waals surface area (Å²) in [7, 11) is 0. The maximum Gasteiger partial charge on any atom is 0.191 e. The van der Waals surface area contributed by atoms with Gasteiger partial charge in [-0.25, -0.2) is 0 Å². The Hall–Kier alpha value is -1.87. The van der Waals surface area contributed by atoms with Crippen molar-refractivity contribution in [1.82, 2.24) is 15.5 Å². The molecule has 8 heteroatoms. The zero-order valence-corrected chi connectivity index (χ0v) is 18.2. The van der Waals surface area contributed by atoms with Crippen molar-refractivity contribution >= 4 is 17.3 Å². The third-order valence-corrected chi connectivity index (χ3v) is 6.52. The Morgan fingerprint density at radius 1 is 1.20 bits per heavy atom. The molecular formula is C22H32N4O3S. The van der Waals surface area contributed by atoms with Crippen molar-refractivity contribution in [2.24, 2.45) is 4.99 Å². The van der Waals surface area contributed by atoms with Crippen LogP contribution in [0.3, 0.4) is 0 Å². The van der Waals surface area contributed by atoms with Crippen LogP contribution in [0.15, 0.2) is 45.3 Å². The number of thiophene rings is 1. The molecule has 2 atom stereocenters. The van der Waals surface area contributed by atoms with Gasteiger partial charge in [-0.3, -0.25) is 9.89 Å². The second-order valence-electron chi connectivity index (χ2n) is 7.64. The Morgan fingerprint density at radius 3 is 2.87 bits per heavy atom. The van der Waals surface area contributed by atoms with Gasteiger partial charge >= 0.3 is 0 Å². The second-order valence-corrected chi connectivity index (χ2v) is 8.62. The van der Waals surface area contributed by atoms with Crippen LogP contribution in [0.5, 0.6) is 0 Å². The van der Waals surface area contributed by atoms with Gasteiger partial charge in [0, 0.05) is 44.1 Å². The summed E-state index contributed by atoms with van der Waals surface area (Å²) in [5, 5.41) is 9.10. The lowest BCUT2D eigenvalue weighted by Crippen LogP contribution is -2.43. The van der Waals surface area contributed by atoms with E-state index in [1.54, 1.807) is 17.6 Å². The molecule has 2 aromatic rings. The van der Waals surface area contributed by atoms with E-state index in [-0.39, 0.29) is 12.1 Å². The van der Waals surface area contributed by atoms with Crippen LogP contribution in [0.2, 0.25) is 0 Å². The molecule has 2 unspecified atom stereocenters. The molecule has 2 saturated heterocycles. The van der Waals surface area contributed by atoms with Gasteiger partial charge in [-0.1, -0.05) is 6.07 Å². The number of morpholine rings is 1. The first-order chi connectivity index (χ1) is 14.9. The molecule has 164 valence electrons. The SMILES string of the molecule is c1coc(CCNC(=NCC(c2cccs2)N2CCOCC2)NCC2CCCO2)c1. The number of rotatable bonds is 9. The van der Waals surface area contributed by atoms with Gasteiger partial charge in [0.25, 0.3) is 0 Å². The van der Waals surface area contributed by atoms with E-state index in [1.165, 1.54) is 4.88 Å². The van der Waals surface area contributed by atoms with Gasteiger partial charge in [0.15, 0.2) is 5.96 Å². The van der Waals surface area contributed by atoms with Crippen LogP contribution in [0.1, 0.15) is 29.5 Å². The number of ether oxygens (including phenoxy) is 2. The van der Waals surface area contributed by atoms with E-state index >= 15 is 0 Å². The molecule has 2 N–H and O–H groups in total. The minimum Gasteiger partial charge on any atom is -0.469 e. The van der Waals surface area contributed by atoms with Crippen LogP contribution >= 0.6 is 11.3 Å². The van der Waals surface area contributed by atoms with Crippen molar-refractivity contribution in [1.29, 1.82) is 0 Å². The summed E-state index contributed by atoms with van der Waals surface area (Å²) in [6.07, 6.45) is 5.06. The Morgan fingerprint density at radius 2 is 2.13 bits per heavy atom. The summed E-state index contributed by atoms with van der Waals surface area (Å²) in [5.74, 6) is 1.82. The standard InChI is InChI=1S/C22H32N4O3S/c1-4-18(28-11-1)7-8-23-22(24-16-19-5-2-12-29-19)25-17-20(21-6-3-15-30-21)26-9-13-27-14-10-26/h1,3-4,6,11,15,19-20H,2,5,7-10,12-14,16-17H2,(H2,23,24,25). The Labute approximate surface area is 182 Å². The van der Waals surface area contributed by atoms with Crippen molar-refractivity contribution in [2.75, 3.05) is 52.5 Å². The first-order valence-electron chi connectivity index (χ1n) is 10.9. The van der Waals surface area contributed by atoms with Crippen molar-refractivity contribution in [3.05, 3.63) is 46.5 Å². The van der Waals surface area contributed by atoms with Crippen molar-refractivity contribution < 1.29 is 13.9 Å². The number of hydrogen-bond donors (Lipinski definition) is 2. The normalized spacial score (nSPS) is 21.6. The lowest BCUT2D eigenvalue weighted by molar-refractivity contribution is 0.0186. The fourth-order valence-corrected chi connectivity index (χ4v) is 4.73. The van der Waals surface area contributed by atoms with Crippen molar-refractivity contribution in [3.63, 3.8) is 0 Å². The molecule has 0 saturated carbocycles. The first-order valence-corrected chi connectivity index (χ1v) is 11.8. The Kier molecular flexibility index (Phi) is 8.19. The minimum atomic E-state index is 0.273. The summed E-state index contributed by atoms with van der Waals surface area (Å²) in [4.78, 5) is 8.81. The van der Waals surface area contributed by atoms with Gasteiger partial charge in [0.2, 0.25) is 0 Å². The van der Waals surface area contributed by atoms with E-state index in [0.717, 1.165) is 77.0 Å². The van der Waals surface area contributed by atoms with E-state index in [0.29, 0.717) is 6.54 Å². The fraction of sp³-hybridized carbons (Fsp3) is 0.591. The highest BCUT2D eigenvalue weighted by molar-refractivity contribution is 7.10. The van der Waals surface area contributed by atoms with E-state index in [4.69, 9.17) is 18.9 Å². The molecule has 30 heavy (non-hydrogen) atoms. The molecule has 2 fully saturated rings. The molecule has 2 aromatic heterocycles. The summed E-state index contributed by atoms with van der Waals surface area (Å²) < 4.78 is 16.8. The van der Waals surface area contributed by atoms with E-state index in [9.17, 15) is 0 Å². The van der Waals surface area contributed by atoms with E-state index < -0.39 is 0 Å². The van der Waals surface area contributed by atoms with Crippen LogP contribution in [0.4, 0.5) is 0 Å². The smallest absolute Gasteiger partial charge is 0.191 e. The number of furan rings is 1. The number of guanidine groups is 1. The third-order valence-electron chi connectivity index (χ3n) is 5.55. The summed E-state index contributed by atoms with van der Waals surface area (Å²) in [6, 6.07) is 8.54. The van der Waals surface area contributed by atoms with E-state index in [2.05, 4.69) is 33.0 Å². The summed E-state index contributed by atoms with van der Waals surface area (Å²) >= 11 is 1.80. The predicted molar refractivity (Wildman–Crippen MR) is 119 cm³/mol. The average Bonchev–Trinajstić information content (AvgIpc) is 3.56. The number of nitrogens with zero attached hydrogens (tertiary/aromatic N) is 2. The predicted octanol–water partition coefficient (Wildman–Crippen LogP) is 2.67. The summed E-state index contributed by atoms with van der Waals surface area (Å²) in [5.41, 5.74) is 0. The molecule has 0 radical (unpaired) electrons. The minimum absolute atomic E-state index is 0.273. The summed E-state index contributed by atoms with van der Waals surface area (Å²) in [6.45, 7) is 6.60. The Bertz CT molecular complexity index is 739. The molecule has 0 amide bonds. The van der Waals surface area contributed by atoms with E-state index in [1.807, 2.05) is 12.1 Å². The topological polar surface area (TPSA) is 71.3 Å². The fourth-order valence-electron chi connectivity index (χ4n) is 3.88. The van der Waals surface area contributed by atoms with Gasteiger partial charge in [0.1, 0.15) is 5.76 Å². The number of hydrogen-bond acceptors (Lipinski definition) is 6. The maximum absolute atomic E-state index is 5.77. The first kappa shape index (κ1) is 21.4. The molecule has 2 aliphatic heterocycles. The quantitative estimate of drug-likeness (QED) is 0.469. The molecule has 0 spiro atoms. The molecule has 2 aliphatic rings. The molecular weight excluding hydrogens is 400 g/mol. The molecule has 7 nitrogen and oxygen atoms in total. The molecule has 0 aromatic carbocycles. The van der Waals surface area contributed by atoms with Gasteiger partial charge in [-0.05, 0) is 36.4 Å². The maximum atomic E-state index is 5.77. The zero-order chi connectivity index (χ0) is 20.4. The zero-order valence-electron chi connectivity index (χ0n) is 17.4. The van der Waals surface area contributed by atoms with Crippen LogP contribution in [0.25, 0.3) is 0 Å². The third kappa shape index (κ3) is 6.31. The highest BCUT2D eigenvalue weighted by Crippen LogP contribution is 2.26. The van der Waals surface area contributed by atoms with Gasteiger partial charge in [-0.2, -0.15) is 0 Å². The number of nitrogens with one attached hydrogen (secondary N) is 2. The molecule has 0 bridgehead atoms. The second kappa shape index (κ2) is 11.5. The lowest BCUT2D eigenvalue weighted by atomic mass is 10.2. The van der Waals surface area contributed by atoms with Gasteiger partial charge in [0.05, 0.1) is 38.2 Å². The van der Waals surface area contributed by atoms with Crippen LogP contribution in [0, 0.1) is 0 Å². The molecule has 4 rings (SSSR count).